The molecule has 1 rings (SSSR count). The van der Waals surface area contributed by atoms with Crippen LogP contribution in [0.15, 0.2) is 18.2 Å². The maximum atomic E-state index is 11.6. The van der Waals surface area contributed by atoms with Gasteiger partial charge < -0.3 is 10.8 Å². The van der Waals surface area contributed by atoms with Crippen LogP contribution in [-0.4, -0.2) is 22.9 Å². The molecule has 4 nitrogen and oxygen atoms in total. The molecule has 1 aromatic carbocycles. The summed E-state index contributed by atoms with van der Waals surface area (Å²) >= 11 is 11.5. The van der Waals surface area contributed by atoms with Gasteiger partial charge in [-0.1, -0.05) is 23.2 Å². The number of benzene rings is 1. The summed E-state index contributed by atoms with van der Waals surface area (Å²) in [6, 6.07) is 3.15. The first-order valence-electron chi connectivity index (χ1n) is 4.38. The summed E-state index contributed by atoms with van der Waals surface area (Å²) in [4.78, 5) is 22.1. The van der Waals surface area contributed by atoms with Gasteiger partial charge in [-0.05, 0) is 18.2 Å². The summed E-state index contributed by atoms with van der Waals surface area (Å²) in [6.45, 7) is 0. The van der Waals surface area contributed by atoms with E-state index in [4.69, 9.17) is 34.0 Å². The van der Waals surface area contributed by atoms with Crippen LogP contribution in [0.4, 0.5) is 0 Å². The number of carboxylic acid groups (broad SMARTS) is 1. The van der Waals surface area contributed by atoms with Crippen molar-refractivity contribution in [2.45, 2.75) is 12.5 Å². The fourth-order valence-electron chi connectivity index (χ4n) is 1.11. The van der Waals surface area contributed by atoms with Crippen LogP contribution in [0, 0.1) is 0 Å². The molecule has 0 aliphatic rings. The van der Waals surface area contributed by atoms with Crippen molar-refractivity contribution in [3.63, 3.8) is 0 Å². The highest BCUT2D eigenvalue weighted by molar-refractivity contribution is 6.36. The summed E-state index contributed by atoms with van der Waals surface area (Å²) in [5.41, 5.74) is 5.47. The van der Waals surface area contributed by atoms with Crippen LogP contribution < -0.4 is 5.73 Å². The second-order valence-electron chi connectivity index (χ2n) is 3.20. The minimum Gasteiger partial charge on any atom is -0.480 e. The van der Waals surface area contributed by atoms with Gasteiger partial charge in [-0.25, -0.2) is 0 Å². The van der Waals surface area contributed by atoms with Gasteiger partial charge in [-0.3, -0.25) is 9.59 Å². The standard InChI is InChI=1S/C10H9Cl2NO3.ClH/c11-5-1-2-6(7(12)3-5)9(14)4-8(13)10(15)16;/h1-3,8H,4,13H2,(H,15,16);1H. The van der Waals surface area contributed by atoms with Crippen molar-refractivity contribution in [2.75, 3.05) is 0 Å². The summed E-state index contributed by atoms with van der Waals surface area (Å²) in [6.07, 6.45) is -0.295. The molecular weight excluding hydrogens is 288 g/mol. The fourth-order valence-corrected chi connectivity index (χ4v) is 1.63. The van der Waals surface area contributed by atoms with Gasteiger partial charge in [-0.2, -0.15) is 0 Å². The lowest BCUT2D eigenvalue weighted by atomic mass is 10.0. The SMILES string of the molecule is Cl.NC(CC(=O)c1ccc(Cl)cc1Cl)C(=O)O. The molecule has 0 aliphatic carbocycles. The van der Waals surface area contributed by atoms with Crippen LogP contribution in [0.2, 0.25) is 10.0 Å². The van der Waals surface area contributed by atoms with Crippen LogP contribution in [0.1, 0.15) is 16.8 Å². The summed E-state index contributed by atoms with van der Waals surface area (Å²) in [5, 5.41) is 9.16. The van der Waals surface area contributed by atoms with E-state index in [1.54, 1.807) is 0 Å². The molecule has 3 N–H and O–H groups in total. The highest BCUT2D eigenvalue weighted by Gasteiger charge is 2.19. The Labute approximate surface area is 114 Å². The lowest BCUT2D eigenvalue weighted by Crippen LogP contribution is -2.32. The van der Waals surface area contributed by atoms with Crippen LogP contribution in [0.5, 0.6) is 0 Å². The molecule has 1 unspecified atom stereocenters. The molecule has 0 aromatic heterocycles. The molecule has 1 atom stereocenters. The zero-order valence-corrected chi connectivity index (χ0v) is 10.9. The van der Waals surface area contributed by atoms with Crippen molar-refractivity contribution in [1.82, 2.24) is 0 Å². The molecule has 1 aromatic rings. The van der Waals surface area contributed by atoms with Crippen LogP contribution in [-0.2, 0) is 4.79 Å². The molecule has 0 saturated heterocycles. The highest BCUT2D eigenvalue weighted by Crippen LogP contribution is 2.22. The van der Waals surface area contributed by atoms with Gasteiger partial charge in [0, 0.05) is 17.0 Å². The predicted octanol–water partition coefficient (Wildman–Crippen LogP) is 2.40. The van der Waals surface area contributed by atoms with Crippen LogP contribution in [0.25, 0.3) is 0 Å². The van der Waals surface area contributed by atoms with Gasteiger partial charge >= 0.3 is 5.97 Å². The van der Waals surface area contributed by atoms with Crippen molar-refractivity contribution in [2.24, 2.45) is 5.73 Å². The van der Waals surface area contributed by atoms with E-state index in [0.29, 0.717) is 5.02 Å². The monoisotopic (exact) mass is 297 g/mol. The molecule has 0 aliphatic heterocycles. The summed E-state index contributed by atoms with van der Waals surface area (Å²) < 4.78 is 0. The zero-order valence-electron chi connectivity index (χ0n) is 8.52. The Balaban J connectivity index is 0.00000256. The number of nitrogens with two attached hydrogens (primary N) is 1. The second-order valence-corrected chi connectivity index (χ2v) is 4.04. The Hall–Kier alpha value is -0.810. The lowest BCUT2D eigenvalue weighted by molar-refractivity contribution is -0.138. The van der Waals surface area contributed by atoms with E-state index >= 15 is 0 Å². The van der Waals surface area contributed by atoms with Gasteiger partial charge in [0.2, 0.25) is 0 Å². The maximum Gasteiger partial charge on any atom is 0.320 e. The average Bonchev–Trinajstić information content (AvgIpc) is 2.16. The number of rotatable bonds is 4. The number of aliphatic carboxylic acids is 1. The third-order valence-corrected chi connectivity index (χ3v) is 2.50. The molecule has 94 valence electrons. The van der Waals surface area contributed by atoms with E-state index < -0.39 is 17.8 Å². The number of halogens is 3. The fraction of sp³-hybridized carbons (Fsp3) is 0.200. The zero-order chi connectivity index (χ0) is 12.3. The van der Waals surface area contributed by atoms with Gasteiger partial charge in [0.1, 0.15) is 6.04 Å². The Morgan fingerprint density at radius 3 is 2.41 bits per heavy atom. The molecule has 7 heteroatoms. The van der Waals surface area contributed by atoms with Crippen molar-refractivity contribution in [3.8, 4) is 0 Å². The molecule has 0 spiro atoms. The molecular formula is C10H10Cl3NO3. The van der Waals surface area contributed by atoms with Gasteiger partial charge in [0.05, 0.1) is 5.02 Å². The Kier molecular flexibility index (Phi) is 6.49. The quantitative estimate of drug-likeness (QED) is 0.836. The predicted molar refractivity (Wildman–Crippen MR) is 68.3 cm³/mol. The van der Waals surface area contributed by atoms with Gasteiger partial charge in [-0.15, -0.1) is 12.4 Å². The summed E-state index contributed by atoms with van der Waals surface area (Å²) in [5.74, 6) is -1.64. The molecule has 0 fully saturated rings. The van der Waals surface area contributed by atoms with Gasteiger partial charge in [0.15, 0.2) is 5.78 Å². The Morgan fingerprint density at radius 1 is 1.35 bits per heavy atom. The van der Waals surface area contributed by atoms with E-state index in [2.05, 4.69) is 0 Å². The number of hydrogen-bond acceptors (Lipinski definition) is 3. The maximum absolute atomic E-state index is 11.6. The summed E-state index contributed by atoms with van der Waals surface area (Å²) in [7, 11) is 0. The van der Waals surface area contributed by atoms with E-state index in [9.17, 15) is 9.59 Å². The molecule has 0 saturated carbocycles. The lowest BCUT2D eigenvalue weighted by Gasteiger charge is -2.07. The van der Waals surface area contributed by atoms with Crippen molar-refractivity contribution in [3.05, 3.63) is 33.8 Å². The van der Waals surface area contributed by atoms with Crippen molar-refractivity contribution < 1.29 is 14.7 Å². The Bertz CT molecular complexity index is 437. The topological polar surface area (TPSA) is 80.4 Å². The second kappa shape index (κ2) is 6.81. The molecule has 0 amide bonds. The van der Waals surface area contributed by atoms with E-state index in [1.807, 2.05) is 0 Å². The average molecular weight is 299 g/mol. The number of hydrogen-bond donors (Lipinski definition) is 2. The first kappa shape index (κ1) is 16.2. The number of carbonyl (C=O) groups is 2. The number of carbonyl (C=O) groups excluding carboxylic acids is 1. The first-order chi connectivity index (χ1) is 7.41. The minimum absolute atomic E-state index is 0. The normalized spacial score (nSPS) is 11.5. The van der Waals surface area contributed by atoms with Gasteiger partial charge in [0.25, 0.3) is 0 Å². The number of Topliss-reactive ketones (excluding diaryl/α,β-unsaturated/α-hetero) is 1. The third-order valence-electron chi connectivity index (χ3n) is 1.95. The van der Waals surface area contributed by atoms with E-state index in [-0.39, 0.29) is 29.4 Å². The first-order valence-corrected chi connectivity index (χ1v) is 5.14. The highest BCUT2D eigenvalue weighted by atomic mass is 35.5. The molecule has 0 bridgehead atoms. The number of carboxylic acids is 1. The Morgan fingerprint density at radius 2 is 1.94 bits per heavy atom. The number of ketones is 1. The smallest absolute Gasteiger partial charge is 0.320 e. The van der Waals surface area contributed by atoms with E-state index in [0.717, 1.165) is 0 Å². The van der Waals surface area contributed by atoms with Crippen molar-refractivity contribution in [1.29, 1.82) is 0 Å². The molecule has 0 radical (unpaired) electrons. The molecule has 17 heavy (non-hydrogen) atoms. The van der Waals surface area contributed by atoms with Crippen molar-refractivity contribution >= 4 is 47.4 Å². The largest absolute Gasteiger partial charge is 0.480 e. The van der Waals surface area contributed by atoms with Crippen LogP contribution in [0.3, 0.4) is 0 Å². The third kappa shape index (κ3) is 4.52. The molecule has 0 heterocycles. The van der Waals surface area contributed by atoms with E-state index in [1.165, 1.54) is 18.2 Å². The van der Waals surface area contributed by atoms with Crippen LogP contribution >= 0.6 is 35.6 Å². The minimum atomic E-state index is -1.22.